The summed E-state index contributed by atoms with van der Waals surface area (Å²) in [6.07, 6.45) is 1.77. The van der Waals surface area contributed by atoms with Crippen LogP contribution in [0.1, 0.15) is 16.7 Å². The van der Waals surface area contributed by atoms with E-state index in [9.17, 15) is 5.11 Å². The number of hydrogen-bond acceptors (Lipinski definition) is 3. The average molecular weight is 336 g/mol. The van der Waals surface area contributed by atoms with Crippen LogP contribution in [0.4, 0.5) is 0 Å². The minimum absolute atomic E-state index is 0.0455. The van der Waals surface area contributed by atoms with E-state index in [0.717, 1.165) is 22.0 Å². The van der Waals surface area contributed by atoms with Crippen LogP contribution >= 0.6 is 12.2 Å². The van der Waals surface area contributed by atoms with Gasteiger partial charge >= 0.3 is 0 Å². The van der Waals surface area contributed by atoms with Gasteiger partial charge in [0.15, 0.2) is 5.88 Å². The number of azo groups is 1. The van der Waals surface area contributed by atoms with Crippen molar-refractivity contribution in [2.45, 2.75) is 6.92 Å². The number of aromatic nitrogens is 1. The van der Waals surface area contributed by atoms with Crippen molar-refractivity contribution >= 4 is 40.0 Å². The lowest BCUT2D eigenvalue weighted by Crippen LogP contribution is -2.01. The van der Waals surface area contributed by atoms with E-state index in [0.29, 0.717) is 11.3 Å². The molecule has 0 fully saturated rings. The summed E-state index contributed by atoms with van der Waals surface area (Å²) in [5.74, 6) is 0.0783. The topological polar surface area (TPSA) is 86.8 Å². The highest BCUT2D eigenvalue weighted by atomic mass is 32.1. The molecule has 0 spiro atoms. The Morgan fingerprint density at radius 3 is 2.62 bits per heavy atom. The largest absolute Gasteiger partial charge is 0.494 e. The van der Waals surface area contributed by atoms with Crippen LogP contribution < -0.4 is 5.73 Å². The maximum Gasteiger partial charge on any atom is 0.211 e. The van der Waals surface area contributed by atoms with Crippen LogP contribution in [-0.4, -0.2) is 15.2 Å². The van der Waals surface area contributed by atoms with Crippen molar-refractivity contribution in [1.29, 1.82) is 0 Å². The van der Waals surface area contributed by atoms with Gasteiger partial charge < -0.3 is 15.8 Å². The molecule has 3 rings (SSSR count). The molecule has 2 aromatic carbocycles. The highest BCUT2D eigenvalue weighted by Crippen LogP contribution is 2.32. The minimum atomic E-state index is -0.0455. The Morgan fingerprint density at radius 1 is 1.17 bits per heavy atom. The molecule has 0 bridgehead atoms. The van der Waals surface area contributed by atoms with Gasteiger partial charge in [-0.05, 0) is 37.4 Å². The molecule has 0 aliphatic heterocycles. The van der Waals surface area contributed by atoms with E-state index in [4.69, 9.17) is 18.0 Å². The lowest BCUT2D eigenvalue weighted by molar-refractivity contribution is 0.457. The molecule has 0 atom stereocenters. The van der Waals surface area contributed by atoms with Gasteiger partial charge in [0.25, 0.3) is 0 Å². The van der Waals surface area contributed by atoms with Gasteiger partial charge in [0, 0.05) is 22.0 Å². The molecule has 0 saturated carbocycles. The Morgan fingerprint density at radius 2 is 1.92 bits per heavy atom. The summed E-state index contributed by atoms with van der Waals surface area (Å²) in [6, 6.07) is 15.4. The number of fused-ring (bicyclic) bond motifs is 1. The molecule has 6 heteroatoms. The SMILES string of the molecule is Cc1ccc2[nH]c(O)c(/C=C(\N=NC(N)=S)c3ccccc3)c2c1. The zero-order valence-electron chi connectivity index (χ0n) is 13.0. The zero-order chi connectivity index (χ0) is 17.1. The van der Waals surface area contributed by atoms with E-state index < -0.39 is 0 Å². The Labute approximate surface area is 144 Å². The number of hydrogen-bond donors (Lipinski definition) is 3. The highest BCUT2D eigenvalue weighted by Gasteiger charge is 2.11. The van der Waals surface area contributed by atoms with Crippen molar-refractivity contribution in [3.05, 3.63) is 65.2 Å². The van der Waals surface area contributed by atoms with Crippen LogP contribution in [0.15, 0.2) is 58.8 Å². The number of H-pyrrole nitrogens is 1. The second-order valence-electron chi connectivity index (χ2n) is 5.37. The first-order valence-electron chi connectivity index (χ1n) is 7.34. The Kier molecular flexibility index (Phi) is 4.39. The minimum Gasteiger partial charge on any atom is -0.494 e. The van der Waals surface area contributed by atoms with Crippen LogP contribution in [-0.2, 0) is 0 Å². The van der Waals surface area contributed by atoms with Crippen LogP contribution in [0.2, 0.25) is 0 Å². The van der Waals surface area contributed by atoms with Crippen LogP contribution in [0, 0.1) is 6.92 Å². The quantitative estimate of drug-likeness (QED) is 0.490. The summed E-state index contributed by atoms with van der Waals surface area (Å²) in [6.45, 7) is 2.00. The van der Waals surface area contributed by atoms with Gasteiger partial charge in [-0.1, -0.05) is 42.0 Å². The standard InChI is InChI=1S/C18H16N4OS/c1-11-7-8-15-13(9-11)14(17(23)20-15)10-16(21-22-18(19)24)12-5-3-2-4-6-12/h2-10,20,23H,1H3,(H2,19,24)/b16-10-,22-21?. The number of nitrogens with one attached hydrogen (secondary N) is 1. The van der Waals surface area contributed by atoms with E-state index in [1.165, 1.54) is 0 Å². The maximum absolute atomic E-state index is 10.3. The van der Waals surface area contributed by atoms with Crippen molar-refractivity contribution in [2.24, 2.45) is 16.0 Å². The molecule has 0 aliphatic carbocycles. The van der Waals surface area contributed by atoms with Crippen LogP contribution in [0.5, 0.6) is 5.88 Å². The van der Waals surface area contributed by atoms with E-state index in [1.807, 2.05) is 55.5 Å². The third-order valence-electron chi connectivity index (χ3n) is 3.58. The van der Waals surface area contributed by atoms with Crippen molar-refractivity contribution in [1.82, 2.24) is 4.98 Å². The van der Waals surface area contributed by atoms with Gasteiger partial charge in [0.2, 0.25) is 5.11 Å². The number of thiocarbonyl (C=S) groups is 1. The third kappa shape index (κ3) is 3.33. The first kappa shape index (κ1) is 15.9. The van der Waals surface area contributed by atoms with Crippen molar-refractivity contribution < 1.29 is 5.11 Å². The molecule has 0 aliphatic rings. The number of nitrogens with two attached hydrogens (primary N) is 1. The summed E-state index contributed by atoms with van der Waals surface area (Å²) >= 11 is 4.77. The second-order valence-corrected chi connectivity index (χ2v) is 5.79. The van der Waals surface area contributed by atoms with E-state index in [1.54, 1.807) is 6.08 Å². The van der Waals surface area contributed by atoms with Gasteiger partial charge in [-0.2, -0.15) is 0 Å². The van der Waals surface area contributed by atoms with Gasteiger partial charge in [-0.3, -0.25) is 0 Å². The first-order valence-corrected chi connectivity index (χ1v) is 7.75. The summed E-state index contributed by atoms with van der Waals surface area (Å²) in [5.41, 5.74) is 9.42. The van der Waals surface area contributed by atoms with Crippen LogP contribution in [0.3, 0.4) is 0 Å². The molecule has 1 aromatic heterocycles. The van der Waals surface area contributed by atoms with E-state index in [2.05, 4.69) is 15.2 Å². The van der Waals surface area contributed by atoms with Gasteiger partial charge in [0.1, 0.15) is 0 Å². The molecule has 1 heterocycles. The Balaban J connectivity index is 2.19. The van der Waals surface area contributed by atoms with Gasteiger partial charge in [-0.15, -0.1) is 10.2 Å². The molecule has 0 unspecified atom stereocenters. The number of aromatic amines is 1. The number of nitrogens with zero attached hydrogens (tertiary/aromatic N) is 2. The predicted molar refractivity (Wildman–Crippen MR) is 101 cm³/mol. The normalized spacial score (nSPS) is 12.1. The summed E-state index contributed by atoms with van der Waals surface area (Å²) in [5, 5.41) is 19.1. The summed E-state index contributed by atoms with van der Waals surface area (Å²) in [4.78, 5) is 2.96. The molecular weight excluding hydrogens is 320 g/mol. The van der Waals surface area contributed by atoms with Crippen molar-refractivity contribution in [3.63, 3.8) is 0 Å². The average Bonchev–Trinajstić information content (AvgIpc) is 2.87. The Hall–Kier alpha value is -2.99. The van der Waals surface area contributed by atoms with Gasteiger partial charge in [0.05, 0.1) is 5.70 Å². The number of aromatic hydroxyl groups is 1. The molecular formula is C18H16N4OS. The van der Waals surface area contributed by atoms with Gasteiger partial charge in [-0.25, -0.2) is 0 Å². The first-order chi connectivity index (χ1) is 11.5. The van der Waals surface area contributed by atoms with Crippen molar-refractivity contribution in [2.75, 3.05) is 0 Å². The highest BCUT2D eigenvalue weighted by molar-refractivity contribution is 7.80. The molecule has 120 valence electrons. The summed E-state index contributed by atoms with van der Waals surface area (Å²) in [7, 11) is 0. The number of rotatable bonds is 3. The zero-order valence-corrected chi connectivity index (χ0v) is 13.8. The fourth-order valence-electron chi connectivity index (χ4n) is 2.48. The lowest BCUT2D eigenvalue weighted by Gasteiger charge is -2.02. The number of benzene rings is 2. The van der Waals surface area contributed by atoms with E-state index in [-0.39, 0.29) is 11.0 Å². The van der Waals surface area contributed by atoms with E-state index >= 15 is 0 Å². The smallest absolute Gasteiger partial charge is 0.211 e. The molecule has 5 nitrogen and oxygen atoms in total. The number of aryl methyl sites for hydroxylation is 1. The fraction of sp³-hybridized carbons (Fsp3) is 0.0556. The molecule has 24 heavy (non-hydrogen) atoms. The van der Waals surface area contributed by atoms with Crippen LogP contribution in [0.25, 0.3) is 22.7 Å². The monoisotopic (exact) mass is 336 g/mol. The molecule has 3 aromatic rings. The molecule has 4 N–H and O–H groups in total. The lowest BCUT2D eigenvalue weighted by atomic mass is 10.1. The third-order valence-corrected chi connectivity index (χ3v) is 3.66. The summed E-state index contributed by atoms with van der Waals surface area (Å²) < 4.78 is 0. The van der Waals surface area contributed by atoms with Crippen molar-refractivity contribution in [3.8, 4) is 5.88 Å². The Bertz CT molecular complexity index is 958. The maximum atomic E-state index is 10.3. The molecule has 0 amide bonds. The molecule has 0 radical (unpaired) electrons. The molecule has 0 saturated heterocycles. The second kappa shape index (κ2) is 6.64. The predicted octanol–water partition coefficient (Wildman–Crippen LogP) is 4.38. The fourth-order valence-corrected chi connectivity index (χ4v) is 2.52.